The molecule has 0 saturated carbocycles. The predicted molar refractivity (Wildman–Crippen MR) is 104 cm³/mol. The molecule has 0 aliphatic carbocycles. The Morgan fingerprint density at radius 3 is 3.08 bits per heavy atom. The molecule has 2 aliphatic rings. The summed E-state index contributed by atoms with van der Waals surface area (Å²) < 4.78 is 1.55. The minimum absolute atomic E-state index is 0. The fraction of sp³-hybridized carbons (Fsp3) is 0.562. The summed E-state index contributed by atoms with van der Waals surface area (Å²) in [7, 11) is 0. The molecule has 2 unspecified atom stereocenters. The van der Waals surface area contributed by atoms with Gasteiger partial charge >= 0.3 is 0 Å². The van der Waals surface area contributed by atoms with E-state index in [9.17, 15) is 9.59 Å². The molecule has 0 aromatic carbocycles. The SMILES string of the molecule is Cl.O=C(CSCc1cc(=O)n2ccsc2n1)N1C2CCNCC1CC2. The van der Waals surface area contributed by atoms with E-state index in [-0.39, 0.29) is 23.9 Å². The van der Waals surface area contributed by atoms with E-state index in [1.165, 1.54) is 11.3 Å². The van der Waals surface area contributed by atoms with Crippen LogP contribution in [-0.4, -0.2) is 51.1 Å². The van der Waals surface area contributed by atoms with Crippen molar-refractivity contribution >= 4 is 46.4 Å². The van der Waals surface area contributed by atoms with Crippen molar-refractivity contribution in [3.05, 3.63) is 33.7 Å². The highest BCUT2D eigenvalue weighted by molar-refractivity contribution is 7.99. The number of nitrogens with one attached hydrogen (secondary N) is 1. The molecule has 2 aliphatic heterocycles. The average Bonchev–Trinajstić information content (AvgIpc) is 3.11. The monoisotopic (exact) mass is 400 g/mol. The van der Waals surface area contributed by atoms with Gasteiger partial charge in [0.2, 0.25) is 5.91 Å². The number of hydrogen-bond donors (Lipinski definition) is 1. The van der Waals surface area contributed by atoms with Crippen LogP contribution in [0.15, 0.2) is 22.4 Å². The van der Waals surface area contributed by atoms with Crippen molar-refractivity contribution in [1.82, 2.24) is 19.6 Å². The highest BCUT2D eigenvalue weighted by Gasteiger charge is 2.37. The number of amides is 1. The van der Waals surface area contributed by atoms with Crippen LogP contribution in [0.5, 0.6) is 0 Å². The maximum Gasteiger partial charge on any atom is 0.258 e. The van der Waals surface area contributed by atoms with Gasteiger partial charge in [-0.3, -0.25) is 14.0 Å². The van der Waals surface area contributed by atoms with Crippen LogP contribution in [0.25, 0.3) is 4.96 Å². The largest absolute Gasteiger partial charge is 0.335 e. The second-order valence-electron chi connectivity index (χ2n) is 6.31. The molecule has 2 fully saturated rings. The van der Waals surface area contributed by atoms with E-state index in [2.05, 4.69) is 15.2 Å². The van der Waals surface area contributed by atoms with Gasteiger partial charge in [-0.25, -0.2) is 4.98 Å². The fourth-order valence-electron chi connectivity index (χ4n) is 3.67. The number of carbonyl (C=O) groups excluding carboxylic acids is 1. The summed E-state index contributed by atoms with van der Waals surface area (Å²) in [6.07, 6.45) is 5.04. The van der Waals surface area contributed by atoms with Crippen molar-refractivity contribution in [2.45, 2.75) is 37.1 Å². The van der Waals surface area contributed by atoms with Gasteiger partial charge in [-0.1, -0.05) is 0 Å². The Hall–Kier alpha value is -1.09. The molecule has 9 heteroatoms. The van der Waals surface area contributed by atoms with Crippen LogP contribution in [0.1, 0.15) is 25.0 Å². The van der Waals surface area contributed by atoms with Crippen molar-refractivity contribution < 1.29 is 4.79 Å². The number of thioether (sulfide) groups is 1. The van der Waals surface area contributed by atoms with Crippen LogP contribution >= 0.6 is 35.5 Å². The lowest BCUT2D eigenvalue weighted by atomic mass is 10.1. The number of hydrogen-bond acceptors (Lipinski definition) is 6. The second kappa shape index (κ2) is 8.07. The minimum Gasteiger partial charge on any atom is -0.335 e. The lowest BCUT2D eigenvalue weighted by Gasteiger charge is -2.27. The van der Waals surface area contributed by atoms with Crippen LogP contribution in [0.3, 0.4) is 0 Å². The van der Waals surface area contributed by atoms with Crippen molar-refractivity contribution in [2.24, 2.45) is 0 Å². The summed E-state index contributed by atoms with van der Waals surface area (Å²) >= 11 is 3.00. The summed E-state index contributed by atoms with van der Waals surface area (Å²) in [6, 6.07) is 2.33. The number of rotatable bonds is 4. The lowest BCUT2D eigenvalue weighted by Crippen LogP contribution is -2.43. The Kier molecular flexibility index (Phi) is 6.04. The first kappa shape index (κ1) is 18.7. The second-order valence-corrected chi connectivity index (χ2v) is 8.17. The fourth-order valence-corrected chi connectivity index (χ4v) is 5.19. The summed E-state index contributed by atoms with van der Waals surface area (Å²) in [5.74, 6) is 1.28. The maximum absolute atomic E-state index is 12.6. The summed E-state index contributed by atoms with van der Waals surface area (Å²) in [4.78, 5) is 31.9. The molecule has 2 aromatic heterocycles. The molecule has 1 amide bonds. The molecule has 2 aromatic rings. The van der Waals surface area contributed by atoms with E-state index in [1.807, 2.05) is 5.38 Å². The Bertz CT molecular complexity index is 795. The molecule has 2 saturated heterocycles. The molecular weight excluding hydrogens is 380 g/mol. The van der Waals surface area contributed by atoms with Crippen LogP contribution in [0.2, 0.25) is 0 Å². The average molecular weight is 401 g/mol. The van der Waals surface area contributed by atoms with E-state index < -0.39 is 0 Å². The molecule has 4 rings (SSSR count). The number of carbonyl (C=O) groups is 1. The van der Waals surface area contributed by atoms with Gasteiger partial charge < -0.3 is 10.2 Å². The highest BCUT2D eigenvalue weighted by atomic mass is 35.5. The first-order valence-corrected chi connectivity index (χ1v) is 10.3. The van der Waals surface area contributed by atoms with Crippen molar-refractivity contribution in [3.63, 3.8) is 0 Å². The smallest absolute Gasteiger partial charge is 0.258 e. The third-order valence-electron chi connectivity index (χ3n) is 4.77. The normalized spacial score (nSPS) is 22.6. The number of aromatic nitrogens is 2. The summed E-state index contributed by atoms with van der Waals surface area (Å²) in [6.45, 7) is 1.92. The zero-order chi connectivity index (χ0) is 16.5. The lowest BCUT2D eigenvalue weighted by molar-refractivity contribution is -0.130. The van der Waals surface area contributed by atoms with Crippen LogP contribution in [0.4, 0.5) is 0 Å². The molecular formula is C16H21ClN4O2S2. The van der Waals surface area contributed by atoms with E-state index >= 15 is 0 Å². The van der Waals surface area contributed by atoms with Crippen molar-refractivity contribution in [3.8, 4) is 0 Å². The standard InChI is InChI=1S/C16H20N4O2S2.ClH/c21-14-7-11(18-16-19(14)5-6-24-16)9-23-10-15(22)20-12-1-2-13(20)8-17-4-3-12;/h5-7,12-13,17H,1-4,8-10H2;1H. The third kappa shape index (κ3) is 3.86. The first-order valence-electron chi connectivity index (χ1n) is 8.28. The summed E-state index contributed by atoms with van der Waals surface area (Å²) in [5, 5.41) is 5.27. The Morgan fingerprint density at radius 2 is 2.20 bits per heavy atom. The van der Waals surface area contributed by atoms with Crippen LogP contribution in [-0.2, 0) is 10.5 Å². The number of nitrogens with zero attached hydrogens (tertiary/aromatic N) is 3. The topological polar surface area (TPSA) is 66.7 Å². The molecule has 136 valence electrons. The zero-order valence-electron chi connectivity index (χ0n) is 13.7. The predicted octanol–water partition coefficient (Wildman–Crippen LogP) is 1.76. The maximum atomic E-state index is 12.6. The van der Waals surface area contributed by atoms with E-state index in [0.717, 1.165) is 38.0 Å². The molecule has 2 atom stereocenters. The quantitative estimate of drug-likeness (QED) is 0.847. The van der Waals surface area contributed by atoms with Gasteiger partial charge in [-0.2, -0.15) is 0 Å². The number of fused-ring (bicyclic) bond motifs is 3. The van der Waals surface area contributed by atoms with Gasteiger partial charge in [0.05, 0.1) is 11.4 Å². The highest BCUT2D eigenvalue weighted by Crippen LogP contribution is 2.28. The van der Waals surface area contributed by atoms with E-state index in [4.69, 9.17) is 0 Å². The molecule has 2 bridgehead atoms. The molecule has 0 radical (unpaired) electrons. The molecule has 6 nitrogen and oxygen atoms in total. The Labute approximate surface area is 160 Å². The third-order valence-corrected chi connectivity index (χ3v) is 6.48. The van der Waals surface area contributed by atoms with Crippen LogP contribution in [0, 0.1) is 0 Å². The van der Waals surface area contributed by atoms with Gasteiger partial charge in [-0.05, 0) is 25.8 Å². The molecule has 4 heterocycles. The minimum atomic E-state index is -0.0557. The van der Waals surface area contributed by atoms with Crippen molar-refractivity contribution in [1.29, 1.82) is 0 Å². The summed E-state index contributed by atoms with van der Waals surface area (Å²) in [5.41, 5.74) is 0.695. The van der Waals surface area contributed by atoms with E-state index in [0.29, 0.717) is 28.6 Å². The Morgan fingerprint density at radius 1 is 1.36 bits per heavy atom. The molecule has 1 N–H and O–H groups in total. The van der Waals surface area contributed by atoms with Crippen molar-refractivity contribution in [2.75, 3.05) is 18.8 Å². The number of thiazole rings is 1. The molecule has 0 spiro atoms. The van der Waals surface area contributed by atoms with Gasteiger partial charge in [0.25, 0.3) is 5.56 Å². The van der Waals surface area contributed by atoms with E-state index in [1.54, 1.807) is 28.4 Å². The first-order chi connectivity index (χ1) is 11.7. The van der Waals surface area contributed by atoms with Gasteiger partial charge in [0.15, 0.2) is 4.96 Å². The van der Waals surface area contributed by atoms with Gasteiger partial charge in [0, 0.05) is 42.0 Å². The number of halogens is 1. The van der Waals surface area contributed by atoms with Crippen LogP contribution < -0.4 is 10.9 Å². The van der Waals surface area contributed by atoms with Gasteiger partial charge in [0.1, 0.15) is 0 Å². The van der Waals surface area contributed by atoms with Gasteiger partial charge in [-0.15, -0.1) is 35.5 Å². The Balaban J connectivity index is 0.00000182. The molecule has 25 heavy (non-hydrogen) atoms. The zero-order valence-corrected chi connectivity index (χ0v) is 16.2.